The largest absolute Gasteiger partial charge is 0.485 e. The third-order valence-corrected chi connectivity index (χ3v) is 7.24. The number of nitrogens with zero attached hydrogens (tertiary/aromatic N) is 4. The molecule has 0 saturated heterocycles. The van der Waals surface area contributed by atoms with Gasteiger partial charge in [0.2, 0.25) is 5.16 Å². The lowest BCUT2D eigenvalue weighted by Crippen LogP contribution is -2.25. The van der Waals surface area contributed by atoms with Crippen molar-refractivity contribution >= 4 is 17.5 Å². The van der Waals surface area contributed by atoms with Gasteiger partial charge in [-0.3, -0.25) is 0 Å². The first-order valence-corrected chi connectivity index (χ1v) is 12.0. The maximum absolute atomic E-state index is 6.14. The molecule has 3 aliphatic rings. The van der Waals surface area contributed by atoms with Gasteiger partial charge in [0.25, 0.3) is 0 Å². The fourth-order valence-corrected chi connectivity index (χ4v) is 5.46. The van der Waals surface area contributed by atoms with Crippen LogP contribution >= 0.6 is 11.8 Å². The predicted molar refractivity (Wildman–Crippen MR) is 120 cm³/mol. The van der Waals surface area contributed by atoms with Crippen LogP contribution in [0.2, 0.25) is 0 Å². The van der Waals surface area contributed by atoms with Crippen molar-refractivity contribution in [2.45, 2.75) is 49.3 Å². The molecule has 1 fully saturated rings. The molecule has 1 saturated carbocycles. The Hall–Kier alpha value is -2.80. The molecule has 0 N–H and O–H groups in total. The second-order valence-corrected chi connectivity index (χ2v) is 9.25. The Balaban J connectivity index is 1.26. The highest BCUT2D eigenvalue weighted by Gasteiger charge is 2.30. The molecule has 6 rings (SSSR count). The van der Waals surface area contributed by atoms with E-state index in [0.717, 1.165) is 33.7 Å². The molecule has 2 aromatic carbocycles. The molecule has 1 atom stereocenters. The van der Waals surface area contributed by atoms with Crippen molar-refractivity contribution in [3.05, 3.63) is 65.5 Å². The van der Waals surface area contributed by atoms with E-state index in [-0.39, 0.29) is 6.10 Å². The molecule has 1 aromatic heterocycles. The smallest absolute Gasteiger partial charge is 0.212 e. The molecule has 0 bridgehead atoms. The number of hydrogen-bond donors (Lipinski definition) is 0. The zero-order valence-electron chi connectivity index (χ0n) is 17.2. The van der Waals surface area contributed by atoms with E-state index in [1.165, 1.54) is 37.7 Å². The SMILES string of the molecule is c1ccc2c(c1)OC[C@H](c1nnc3n1N=C(c1ccc(C4CCCCC4)cc1)CS3)O2. The van der Waals surface area contributed by atoms with Crippen LogP contribution in [0.5, 0.6) is 11.5 Å². The van der Waals surface area contributed by atoms with Gasteiger partial charge in [0.1, 0.15) is 6.61 Å². The van der Waals surface area contributed by atoms with Crippen molar-refractivity contribution in [2.75, 3.05) is 12.4 Å². The standard InChI is InChI=1S/C24H24N4O2S/c1-2-6-16(7-3-1)17-10-12-18(13-11-17)19-15-31-24-26-25-23(28(24)27-19)22-14-29-20-8-4-5-9-21(20)30-22/h4-5,8-13,16,22H,1-3,6-7,14-15H2/t22-/m1/s1. The van der Waals surface area contributed by atoms with Gasteiger partial charge in [0, 0.05) is 5.75 Å². The summed E-state index contributed by atoms with van der Waals surface area (Å²) in [6.45, 7) is 0.390. The fourth-order valence-electron chi connectivity index (χ4n) is 4.62. The number of ether oxygens (including phenoxy) is 2. The van der Waals surface area contributed by atoms with Crippen LogP contribution in [-0.4, -0.2) is 32.9 Å². The number of hydrogen-bond acceptors (Lipinski definition) is 6. The van der Waals surface area contributed by atoms with Gasteiger partial charge in [-0.1, -0.05) is 67.4 Å². The maximum Gasteiger partial charge on any atom is 0.212 e. The van der Waals surface area contributed by atoms with Crippen LogP contribution in [0.15, 0.2) is 58.8 Å². The van der Waals surface area contributed by atoms with E-state index < -0.39 is 0 Å². The first-order valence-electron chi connectivity index (χ1n) is 11.0. The lowest BCUT2D eigenvalue weighted by atomic mass is 9.84. The molecule has 158 valence electrons. The molecule has 3 heterocycles. The molecule has 0 amide bonds. The van der Waals surface area contributed by atoms with E-state index in [1.807, 2.05) is 28.9 Å². The van der Waals surface area contributed by atoms with Crippen LogP contribution in [0, 0.1) is 0 Å². The Morgan fingerprint density at radius 3 is 2.55 bits per heavy atom. The van der Waals surface area contributed by atoms with Gasteiger partial charge >= 0.3 is 0 Å². The average molecular weight is 433 g/mol. The summed E-state index contributed by atoms with van der Waals surface area (Å²) in [5, 5.41) is 14.4. The van der Waals surface area contributed by atoms with Gasteiger partial charge in [-0.2, -0.15) is 9.78 Å². The Bertz CT molecular complexity index is 1120. The first-order chi connectivity index (χ1) is 15.3. The van der Waals surface area contributed by atoms with Crippen molar-refractivity contribution in [3.63, 3.8) is 0 Å². The van der Waals surface area contributed by atoms with Crippen molar-refractivity contribution < 1.29 is 9.47 Å². The highest BCUT2D eigenvalue weighted by atomic mass is 32.2. The highest BCUT2D eigenvalue weighted by molar-refractivity contribution is 7.99. The molecule has 3 aromatic rings. The number of aromatic nitrogens is 3. The Labute approximate surface area is 185 Å². The molecular weight excluding hydrogens is 408 g/mol. The van der Waals surface area contributed by atoms with Gasteiger partial charge < -0.3 is 9.47 Å². The van der Waals surface area contributed by atoms with Crippen LogP contribution in [0.25, 0.3) is 0 Å². The third kappa shape index (κ3) is 3.61. The van der Waals surface area contributed by atoms with Crippen molar-refractivity contribution in [3.8, 4) is 11.5 Å². The number of para-hydroxylation sites is 2. The number of thioether (sulfide) groups is 1. The van der Waals surface area contributed by atoms with Gasteiger partial charge in [-0.05, 0) is 42.0 Å². The van der Waals surface area contributed by atoms with Crippen LogP contribution in [0.3, 0.4) is 0 Å². The third-order valence-electron chi connectivity index (χ3n) is 6.31. The minimum atomic E-state index is -0.339. The second kappa shape index (κ2) is 8.04. The maximum atomic E-state index is 6.14. The van der Waals surface area contributed by atoms with E-state index in [9.17, 15) is 0 Å². The van der Waals surface area contributed by atoms with Crippen LogP contribution in [0.1, 0.15) is 61.1 Å². The van der Waals surface area contributed by atoms with Crippen molar-refractivity contribution in [1.82, 2.24) is 14.9 Å². The Morgan fingerprint density at radius 1 is 0.903 bits per heavy atom. The van der Waals surface area contributed by atoms with Gasteiger partial charge in [-0.15, -0.1) is 10.2 Å². The van der Waals surface area contributed by atoms with E-state index in [1.54, 1.807) is 11.8 Å². The summed E-state index contributed by atoms with van der Waals surface area (Å²) in [5.74, 6) is 3.66. The van der Waals surface area contributed by atoms with E-state index >= 15 is 0 Å². The Morgan fingerprint density at radius 2 is 1.71 bits per heavy atom. The molecule has 1 aliphatic carbocycles. The van der Waals surface area contributed by atoms with E-state index in [0.29, 0.717) is 18.3 Å². The summed E-state index contributed by atoms with van der Waals surface area (Å²) in [6.07, 6.45) is 6.38. The fraction of sp³-hybridized carbons (Fsp3) is 0.375. The minimum Gasteiger partial charge on any atom is -0.485 e. The first kappa shape index (κ1) is 18.9. The second-order valence-electron chi connectivity index (χ2n) is 8.31. The quantitative estimate of drug-likeness (QED) is 0.570. The van der Waals surface area contributed by atoms with Crippen molar-refractivity contribution in [2.24, 2.45) is 5.10 Å². The molecule has 0 radical (unpaired) electrons. The van der Waals surface area contributed by atoms with Crippen LogP contribution < -0.4 is 9.47 Å². The zero-order valence-corrected chi connectivity index (χ0v) is 18.1. The minimum absolute atomic E-state index is 0.339. The van der Waals surface area contributed by atoms with Gasteiger partial charge in [0.15, 0.2) is 23.4 Å². The highest BCUT2D eigenvalue weighted by Crippen LogP contribution is 2.37. The summed E-state index contributed by atoms with van der Waals surface area (Å²) < 4.78 is 13.8. The average Bonchev–Trinajstić information content (AvgIpc) is 3.28. The molecular formula is C24H24N4O2S. The molecule has 0 unspecified atom stereocenters. The lowest BCUT2D eigenvalue weighted by Gasteiger charge is -2.26. The Kier molecular flexibility index (Phi) is 4.91. The zero-order chi connectivity index (χ0) is 20.6. The summed E-state index contributed by atoms with van der Waals surface area (Å²) in [4.78, 5) is 0. The summed E-state index contributed by atoms with van der Waals surface area (Å²) in [7, 11) is 0. The molecule has 7 heteroatoms. The topological polar surface area (TPSA) is 61.5 Å². The van der Waals surface area contributed by atoms with E-state index in [2.05, 4.69) is 34.5 Å². The van der Waals surface area contributed by atoms with Gasteiger partial charge in [0.05, 0.1) is 5.71 Å². The molecule has 0 spiro atoms. The lowest BCUT2D eigenvalue weighted by molar-refractivity contribution is 0.0823. The number of benzene rings is 2. The van der Waals surface area contributed by atoms with Crippen LogP contribution in [0.4, 0.5) is 0 Å². The van der Waals surface area contributed by atoms with E-state index in [4.69, 9.17) is 14.6 Å². The molecule has 31 heavy (non-hydrogen) atoms. The van der Waals surface area contributed by atoms with Crippen LogP contribution in [-0.2, 0) is 0 Å². The molecule has 6 nitrogen and oxygen atoms in total. The van der Waals surface area contributed by atoms with Gasteiger partial charge in [-0.25, -0.2) is 0 Å². The molecule has 2 aliphatic heterocycles. The normalized spacial score (nSPS) is 20.8. The van der Waals surface area contributed by atoms with Crippen molar-refractivity contribution in [1.29, 1.82) is 0 Å². The number of fused-ring (bicyclic) bond motifs is 2. The predicted octanol–water partition coefficient (Wildman–Crippen LogP) is 5.20. The monoisotopic (exact) mass is 432 g/mol. The number of rotatable bonds is 3. The summed E-state index contributed by atoms with van der Waals surface area (Å²) in [6, 6.07) is 16.7. The summed E-state index contributed by atoms with van der Waals surface area (Å²) in [5.41, 5.74) is 3.65. The summed E-state index contributed by atoms with van der Waals surface area (Å²) >= 11 is 1.66.